The van der Waals surface area contributed by atoms with Crippen molar-refractivity contribution in [3.63, 3.8) is 0 Å². The molecule has 0 saturated heterocycles. The van der Waals surface area contributed by atoms with E-state index < -0.39 is 5.97 Å². The van der Waals surface area contributed by atoms with E-state index in [1.807, 2.05) is 0 Å². The number of hydrogen-bond donors (Lipinski definition) is 3. The van der Waals surface area contributed by atoms with Gasteiger partial charge in [-0.15, -0.1) is 11.3 Å². The third-order valence-electron chi connectivity index (χ3n) is 5.44. The Bertz CT molecular complexity index is 980. The van der Waals surface area contributed by atoms with E-state index in [0.29, 0.717) is 35.0 Å². The summed E-state index contributed by atoms with van der Waals surface area (Å²) < 4.78 is 10.7. The number of aromatic carboxylic acids is 1. The van der Waals surface area contributed by atoms with Crippen LogP contribution in [0, 0.1) is 5.41 Å². The van der Waals surface area contributed by atoms with Crippen molar-refractivity contribution in [2.24, 2.45) is 5.41 Å². The molecule has 1 aliphatic rings. The largest absolute Gasteiger partial charge is 0.493 e. The summed E-state index contributed by atoms with van der Waals surface area (Å²) in [6, 6.07) is 3.38. The molecule has 1 aliphatic carbocycles. The highest BCUT2D eigenvalue weighted by atomic mass is 32.1. The second kappa shape index (κ2) is 8.65. The van der Waals surface area contributed by atoms with E-state index in [1.165, 1.54) is 25.6 Å². The number of aryl methyl sites for hydroxylation is 1. The molecule has 1 aromatic carbocycles. The number of ether oxygens (including phenoxy) is 2. The van der Waals surface area contributed by atoms with E-state index in [9.17, 15) is 14.7 Å². The van der Waals surface area contributed by atoms with Gasteiger partial charge in [-0.1, -0.05) is 13.8 Å². The Balaban J connectivity index is 2.01. The molecule has 0 aliphatic heterocycles. The summed E-state index contributed by atoms with van der Waals surface area (Å²) in [5.41, 5.74) is 2.24. The van der Waals surface area contributed by atoms with Crippen LogP contribution in [0.1, 0.15) is 57.0 Å². The lowest BCUT2D eigenvalue weighted by Crippen LogP contribution is -2.23. The van der Waals surface area contributed by atoms with Gasteiger partial charge in [0.2, 0.25) is 0 Å². The van der Waals surface area contributed by atoms with Crippen LogP contribution < -0.4 is 20.1 Å². The third-order valence-corrected chi connectivity index (χ3v) is 6.64. The minimum absolute atomic E-state index is 0.0445. The lowest BCUT2D eigenvalue weighted by atomic mass is 9.76. The van der Waals surface area contributed by atoms with Gasteiger partial charge in [0.05, 0.1) is 19.8 Å². The Morgan fingerprint density at radius 3 is 2.47 bits per heavy atom. The highest BCUT2D eigenvalue weighted by Crippen LogP contribution is 2.44. The molecule has 3 N–H and O–H groups in total. The van der Waals surface area contributed by atoms with Gasteiger partial charge in [0.15, 0.2) is 11.5 Å². The molecule has 162 valence electrons. The average Bonchev–Trinajstić information content (AvgIpc) is 3.03. The molecule has 1 amide bonds. The summed E-state index contributed by atoms with van der Waals surface area (Å²) in [5, 5.41) is 16.1. The van der Waals surface area contributed by atoms with Crippen LogP contribution in [0.15, 0.2) is 12.1 Å². The summed E-state index contributed by atoms with van der Waals surface area (Å²) in [6.07, 6.45) is 2.51. The second-order valence-corrected chi connectivity index (χ2v) is 9.31. The average molecular weight is 433 g/mol. The van der Waals surface area contributed by atoms with E-state index in [4.69, 9.17) is 9.47 Å². The van der Waals surface area contributed by atoms with Crippen molar-refractivity contribution >= 4 is 28.2 Å². The number of rotatable bonds is 7. The van der Waals surface area contributed by atoms with Gasteiger partial charge in [0.25, 0.3) is 5.91 Å². The molecule has 0 atom stereocenters. The van der Waals surface area contributed by atoms with Crippen molar-refractivity contribution in [1.82, 2.24) is 5.32 Å². The molecule has 1 heterocycles. The van der Waals surface area contributed by atoms with E-state index in [-0.39, 0.29) is 16.9 Å². The van der Waals surface area contributed by atoms with E-state index >= 15 is 0 Å². The molecule has 0 spiro atoms. The normalized spacial score (nSPS) is 14.7. The lowest BCUT2D eigenvalue weighted by Gasteiger charge is -2.29. The number of thiophene rings is 1. The molecule has 0 bridgehead atoms. The van der Waals surface area contributed by atoms with Gasteiger partial charge < -0.3 is 25.2 Å². The van der Waals surface area contributed by atoms with Crippen LogP contribution >= 0.6 is 11.3 Å². The fourth-order valence-corrected chi connectivity index (χ4v) is 5.08. The van der Waals surface area contributed by atoms with Gasteiger partial charge >= 0.3 is 5.97 Å². The number of fused-ring (bicyclic) bond motifs is 1. The van der Waals surface area contributed by atoms with E-state index in [0.717, 1.165) is 28.8 Å². The Kier molecular flexibility index (Phi) is 6.38. The quantitative estimate of drug-likeness (QED) is 0.613. The molecule has 3 rings (SSSR count). The molecule has 8 heteroatoms. The number of carbonyl (C=O) groups excluding carboxylic acids is 1. The maximum atomic E-state index is 13.2. The number of carboxylic acids is 1. The van der Waals surface area contributed by atoms with Crippen LogP contribution in [0.3, 0.4) is 0 Å². The highest BCUT2D eigenvalue weighted by Gasteiger charge is 2.33. The van der Waals surface area contributed by atoms with Crippen LogP contribution in [0.4, 0.5) is 5.00 Å². The molecule has 0 saturated carbocycles. The summed E-state index contributed by atoms with van der Waals surface area (Å²) >= 11 is 1.37. The predicted octanol–water partition coefficient (Wildman–Crippen LogP) is 3.95. The van der Waals surface area contributed by atoms with E-state index in [2.05, 4.69) is 24.5 Å². The molecule has 1 aromatic heterocycles. The first kappa shape index (κ1) is 22.1. The number of hydrogen-bond acceptors (Lipinski definition) is 6. The molecule has 7 nitrogen and oxygen atoms in total. The molecule has 0 fully saturated rings. The number of amides is 1. The summed E-state index contributed by atoms with van der Waals surface area (Å²) in [7, 11) is 4.84. The van der Waals surface area contributed by atoms with Crippen molar-refractivity contribution < 1.29 is 24.2 Å². The van der Waals surface area contributed by atoms with Gasteiger partial charge in [0.1, 0.15) is 5.00 Å². The Labute approximate surface area is 180 Å². The van der Waals surface area contributed by atoms with Crippen LogP contribution in [0.5, 0.6) is 11.5 Å². The van der Waals surface area contributed by atoms with Crippen molar-refractivity contribution in [2.45, 2.75) is 39.7 Å². The van der Waals surface area contributed by atoms with Gasteiger partial charge in [-0.3, -0.25) is 4.79 Å². The van der Waals surface area contributed by atoms with Crippen LogP contribution in [-0.2, 0) is 19.4 Å². The highest BCUT2D eigenvalue weighted by molar-refractivity contribution is 7.17. The van der Waals surface area contributed by atoms with Crippen molar-refractivity contribution in [3.8, 4) is 11.5 Å². The SMILES string of the molecule is CNCc1cc(OC)c(OC)cc1C(=O)Nc1sc2c(c1C(=O)O)CC(C)(C)CC2. The van der Waals surface area contributed by atoms with Crippen molar-refractivity contribution in [2.75, 3.05) is 26.6 Å². The number of carbonyl (C=O) groups is 2. The van der Waals surface area contributed by atoms with Crippen LogP contribution in [-0.4, -0.2) is 38.3 Å². The first-order chi connectivity index (χ1) is 14.2. The number of nitrogens with one attached hydrogen (secondary N) is 2. The molecule has 0 unspecified atom stereocenters. The zero-order valence-electron chi connectivity index (χ0n) is 18.0. The standard InChI is InChI=1S/C22H28N2O5S/c1-22(2)7-6-17-14(10-22)18(21(26)27)20(30-17)24-19(25)13-9-16(29-5)15(28-4)8-12(13)11-23-3/h8-9,23H,6-7,10-11H2,1-5H3,(H,24,25)(H,26,27). The number of anilines is 1. The third kappa shape index (κ3) is 4.29. The smallest absolute Gasteiger partial charge is 0.339 e. The minimum atomic E-state index is -1.01. The second-order valence-electron chi connectivity index (χ2n) is 8.20. The molecule has 2 aromatic rings. The Morgan fingerprint density at radius 2 is 1.87 bits per heavy atom. The van der Waals surface area contributed by atoms with Gasteiger partial charge in [-0.05, 0) is 55.0 Å². The van der Waals surface area contributed by atoms with Gasteiger partial charge in [-0.25, -0.2) is 4.79 Å². The molecular formula is C22H28N2O5S. The monoisotopic (exact) mass is 432 g/mol. The fourth-order valence-electron chi connectivity index (χ4n) is 3.87. The Hall–Kier alpha value is -2.58. The first-order valence-corrected chi connectivity index (χ1v) is 10.6. The first-order valence-electron chi connectivity index (χ1n) is 9.79. The van der Waals surface area contributed by atoms with E-state index in [1.54, 1.807) is 19.2 Å². The predicted molar refractivity (Wildman–Crippen MR) is 117 cm³/mol. The fraction of sp³-hybridized carbons (Fsp3) is 0.455. The van der Waals surface area contributed by atoms with Crippen molar-refractivity contribution in [1.29, 1.82) is 0 Å². The lowest BCUT2D eigenvalue weighted by molar-refractivity contribution is 0.0696. The van der Waals surface area contributed by atoms with Gasteiger partial charge in [0, 0.05) is 17.0 Å². The summed E-state index contributed by atoms with van der Waals surface area (Å²) in [4.78, 5) is 26.3. The maximum absolute atomic E-state index is 13.2. The maximum Gasteiger partial charge on any atom is 0.339 e. The minimum Gasteiger partial charge on any atom is -0.493 e. The Morgan fingerprint density at radius 1 is 1.20 bits per heavy atom. The molecule has 30 heavy (non-hydrogen) atoms. The van der Waals surface area contributed by atoms with Crippen LogP contribution in [0.2, 0.25) is 0 Å². The molecule has 0 radical (unpaired) electrons. The zero-order valence-corrected chi connectivity index (χ0v) is 18.8. The number of carboxylic acid groups (broad SMARTS) is 1. The number of methoxy groups -OCH3 is 2. The zero-order chi connectivity index (χ0) is 22.1. The summed E-state index contributed by atoms with van der Waals surface area (Å²) in [6.45, 7) is 4.74. The van der Waals surface area contributed by atoms with Gasteiger partial charge in [-0.2, -0.15) is 0 Å². The topological polar surface area (TPSA) is 96.9 Å². The summed E-state index contributed by atoms with van der Waals surface area (Å²) in [5.74, 6) is -0.419. The number of benzene rings is 1. The molecular weight excluding hydrogens is 404 g/mol. The van der Waals surface area contributed by atoms with Crippen LogP contribution in [0.25, 0.3) is 0 Å². The van der Waals surface area contributed by atoms with Crippen molar-refractivity contribution in [3.05, 3.63) is 39.3 Å².